The van der Waals surface area contributed by atoms with Crippen molar-refractivity contribution in [1.29, 1.82) is 5.26 Å². The molecule has 0 aromatic heterocycles. The Labute approximate surface area is 114 Å². The summed E-state index contributed by atoms with van der Waals surface area (Å²) < 4.78 is 0. The van der Waals surface area contributed by atoms with E-state index in [4.69, 9.17) is 5.26 Å². The molecule has 2 N–H and O–H groups in total. The molecule has 0 aliphatic rings. The molecule has 0 amide bonds. The van der Waals surface area contributed by atoms with Gasteiger partial charge in [0.25, 0.3) is 0 Å². The normalized spacial score (nSPS) is 11.9. The van der Waals surface area contributed by atoms with E-state index in [1.54, 1.807) is 25.1 Å². The molecule has 0 fully saturated rings. The lowest BCUT2D eigenvalue weighted by molar-refractivity contribution is 0.199. The summed E-state index contributed by atoms with van der Waals surface area (Å²) in [4.78, 5) is 2.03. The van der Waals surface area contributed by atoms with Gasteiger partial charge in [0.1, 0.15) is 0 Å². The Morgan fingerprint density at radius 1 is 1.37 bits per heavy atom. The van der Waals surface area contributed by atoms with Crippen LogP contribution in [0.3, 0.4) is 0 Å². The fourth-order valence-electron chi connectivity index (χ4n) is 2.06. The molecule has 0 saturated carbocycles. The van der Waals surface area contributed by atoms with Crippen LogP contribution in [0, 0.1) is 11.3 Å². The summed E-state index contributed by atoms with van der Waals surface area (Å²) in [6.45, 7) is 5.19. The lowest BCUT2D eigenvalue weighted by atomic mass is 10.0. The van der Waals surface area contributed by atoms with Crippen LogP contribution in [-0.4, -0.2) is 29.9 Å². The van der Waals surface area contributed by atoms with E-state index < -0.39 is 6.10 Å². The molecule has 0 heterocycles. The Kier molecular flexibility index (Phi) is 6.34. The van der Waals surface area contributed by atoms with E-state index >= 15 is 0 Å². The number of benzene rings is 1. The zero-order valence-corrected chi connectivity index (χ0v) is 11.6. The molecule has 0 bridgehead atoms. The lowest BCUT2D eigenvalue weighted by Crippen LogP contribution is -2.29. The van der Waals surface area contributed by atoms with E-state index in [0.29, 0.717) is 12.1 Å². The molecule has 0 spiro atoms. The Morgan fingerprint density at radius 2 is 2.11 bits per heavy atom. The van der Waals surface area contributed by atoms with Crippen molar-refractivity contribution >= 4 is 5.69 Å². The number of hydrogen-bond donors (Lipinski definition) is 2. The van der Waals surface area contributed by atoms with E-state index in [2.05, 4.69) is 13.0 Å². The molecule has 1 aromatic rings. The quantitative estimate of drug-likeness (QED) is 0.790. The maximum Gasteiger partial charge on any atom is 0.0992 e. The van der Waals surface area contributed by atoms with Crippen LogP contribution in [0.2, 0.25) is 0 Å². The topological polar surface area (TPSA) is 67.5 Å². The molecule has 1 rings (SSSR count). The average molecular weight is 262 g/mol. The van der Waals surface area contributed by atoms with E-state index in [1.165, 1.54) is 0 Å². The van der Waals surface area contributed by atoms with Crippen molar-refractivity contribution in [3.05, 3.63) is 29.3 Å². The first-order chi connectivity index (χ1) is 9.13. The first-order valence-corrected chi connectivity index (χ1v) is 6.72. The minimum Gasteiger partial charge on any atom is -0.395 e. The highest BCUT2D eigenvalue weighted by molar-refractivity contribution is 5.58. The maximum atomic E-state index is 9.84. The second-order valence-electron chi connectivity index (χ2n) is 4.63. The van der Waals surface area contributed by atoms with Crippen LogP contribution >= 0.6 is 0 Å². The van der Waals surface area contributed by atoms with Gasteiger partial charge in [-0.15, -0.1) is 0 Å². The maximum absolute atomic E-state index is 9.84. The van der Waals surface area contributed by atoms with Gasteiger partial charge in [-0.3, -0.25) is 0 Å². The molecule has 104 valence electrons. The van der Waals surface area contributed by atoms with Crippen molar-refractivity contribution in [3.63, 3.8) is 0 Å². The number of aliphatic hydroxyl groups is 2. The summed E-state index contributed by atoms with van der Waals surface area (Å²) in [5.74, 6) is 0. The van der Waals surface area contributed by atoms with E-state index in [9.17, 15) is 10.2 Å². The molecule has 4 nitrogen and oxygen atoms in total. The van der Waals surface area contributed by atoms with Gasteiger partial charge < -0.3 is 15.1 Å². The molecule has 1 aromatic carbocycles. The van der Waals surface area contributed by atoms with Gasteiger partial charge in [-0.2, -0.15) is 5.26 Å². The van der Waals surface area contributed by atoms with Gasteiger partial charge in [-0.1, -0.05) is 19.4 Å². The summed E-state index contributed by atoms with van der Waals surface area (Å²) in [6.07, 6.45) is 1.48. The van der Waals surface area contributed by atoms with Crippen LogP contribution in [0.15, 0.2) is 18.2 Å². The second-order valence-corrected chi connectivity index (χ2v) is 4.63. The third-order valence-corrected chi connectivity index (χ3v) is 3.10. The standard InChI is InChI=1S/C15H22N2O2/c1-3-4-7-17(8-9-18)15-10-13(11-16)5-6-14(15)12(2)19/h5-6,10,12,18-19H,3-4,7-9H2,1-2H3/t12-/m0/s1. The summed E-state index contributed by atoms with van der Waals surface area (Å²) in [7, 11) is 0. The Bertz CT molecular complexity index is 438. The van der Waals surface area contributed by atoms with Gasteiger partial charge in [0.15, 0.2) is 0 Å². The van der Waals surface area contributed by atoms with Crippen LogP contribution in [0.5, 0.6) is 0 Å². The van der Waals surface area contributed by atoms with Crippen LogP contribution in [0.1, 0.15) is 43.9 Å². The SMILES string of the molecule is CCCCN(CCO)c1cc(C#N)ccc1[C@H](C)O. The van der Waals surface area contributed by atoms with Gasteiger partial charge in [0.2, 0.25) is 0 Å². The van der Waals surface area contributed by atoms with Crippen LogP contribution < -0.4 is 4.90 Å². The third-order valence-electron chi connectivity index (χ3n) is 3.10. The third kappa shape index (κ3) is 4.23. The first kappa shape index (κ1) is 15.5. The molecule has 0 unspecified atom stereocenters. The summed E-state index contributed by atoms with van der Waals surface area (Å²) in [5, 5.41) is 28.0. The number of unbranched alkanes of at least 4 members (excludes halogenated alkanes) is 1. The molecule has 19 heavy (non-hydrogen) atoms. The lowest BCUT2D eigenvalue weighted by Gasteiger charge is -2.27. The Morgan fingerprint density at radius 3 is 2.63 bits per heavy atom. The minimum absolute atomic E-state index is 0.0553. The number of aliphatic hydroxyl groups excluding tert-OH is 2. The number of anilines is 1. The predicted octanol–water partition coefficient (Wildman–Crippen LogP) is 2.21. The summed E-state index contributed by atoms with van der Waals surface area (Å²) in [6, 6.07) is 7.40. The van der Waals surface area contributed by atoms with Crippen LogP contribution in [0.25, 0.3) is 0 Å². The summed E-state index contributed by atoms with van der Waals surface area (Å²) >= 11 is 0. The van der Waals surface area contributed by atoms with Crippen LogP contribution in [-0.2, 0) is 0 Å². The number of nitrogens with zero attached hydrogens (tertiary/aromatic N) is 2. The summed E-state index contributed by atoms with van der Waals surface area (Å²) in [5.41, 5.74) is 2.21. The van der Waals surface area contributed by atoms with E-state index in [0.717, 1.165) is 30.6 Å². The fourth-order valence-corrected chi connectivity index (χ4v) is 2.06. The van der Waals surface area contributed by atoms with Crippen LogP contribution in [0.4, 0.5) is 5.69 Å². The zero-order chi connectivity index (χ0) is 14.3. The number of nitriles is 1. The monoisotopic (exact) mass is 262 g/mol. The van der Waals surface area contributed by atoms with Crippen molar-refractivity contribution in [3.8, 4) is 6.07 Å². The van der Waals surface area contributed by atoms with Crippen molar-refractivity contribution < 1.29 is 10.2 Å². The highest BCUT2D eigenvalue weighted by Gasteiger charge is 2.14. The van der Waals surface area contributed by atoms with Gasteiger partial charge in [0.05, 0.1) is 24.3 Å². The smallest absolute Gasteiger partial charge is 0.0992 e. The predicted molar refractivity (Wildman–Crippen MR) is 76.0 cm³/mol. The molecular weight excluding hydrogens is 240 g/mol. The molecular formula is C15H22N2O2. The number of hydrogen-bond acceptors (Lipinski definition) is 4. The van der Waals surface area contributed by atoms with Gasteiger partial charge in [-0.05, 0) is 25.5 Å². The highest BCUT2D eigenvalue weighted by Crippen LogP contribution is 2.27. The van der Waals surface area contributed by atoms with Crippen molar-refractivity contribution in [2.45, 2.75) is 32.8 Å². The Balaban J connectivity index is 3.13. The molecule has 0 aliphatic heterocycles. The first-order valence-electron chi connectivity index (χ1n) is 6.72. The highest BCUT2D eigenvalue weighted by atomic mass is 16.3. The fraction of sp³-hybridized carbons (Fsp3) is 0.533. The van der Waals surface area contributed by atoms with Crippen molar-refractivity contribution in [2.75, 3.05) is 24.6 Å². The average Bonchev–Trinajstić information content (AvgIpc) is 2.42. The zero-order valence-electron chi connectivity index (χ0n) is 11.6. The van der Waals surface area contributed by atoms with E-state index in [-0.39, 0.29) is 6.61 Å². The molecule has 0 aliphatic carbocycles. The molecule has 0 saturated heterocycles. The van der Waals surface area contributed by atoms with Gasteiger partial charge >= 0.3 is 0 Å². The van der Waals surface area contributed by atoms with Gasteiger partial charge in [0, 0.05) is 24.3 Å². The molecule has 1 atom stereocenters. The van der Waals surface area contributed by atoms with Crippen molar-refractivity contribution in [2.24, 2.45) is 0 Å². The minimum atomic E-state index is -0.592. The Hall–Kier alpha value is -1.57. The second kappa shape index (κ2) is 7.78. The molecule has 0 radical (unpaired) electrons. The molecule has 4 heteroatoms. The van der Waals surface area contributed by atoms with Crippen molar-refractivity contribution in [1.82, 2.24) is 0 Å². The number of rotatable bonds is 7. The van der Waals surface area contributed by atoms with Gasteiger partial charge in [-0.25, -0.2) is 0 Å². The van der Waals surface area contributed by atoms with E-state index in [1.807, 2.05) is 4.90 Å². The largest absolute Gasteiger partial charge is 0.395 e.